The van der Waals surface area contributed by atoms with Crippen molar-refractivity contribution in [2.75, 3.05) is 6.54 Å². The zero-order chi connectivity index (χ0) is 22.6. The smallest absolute Gasteiger partial charge is 0.207 e. The van der Waals surface area contributed by atoms with Crippen molar-refractivity contribution in [1.29, 1.82) is 0 Å². The lowest BCUT2D eigenvalue weighted by molar-refractivity contribution is -0.110. The molecule has 0 aliphatic carbocycles. The van der Waals surface area contributed by atoms with Crippen LogP contribution >= 0.6 is 11.3 Å². The maximum absolute atomic E-state index is 10.2. The average molecular weight is 433 g/mol. The molecule has 0 aliphatic rings. The van der Waals surface area contributed by atoms with E-state index in [0.717, 1.165) is 37.1 Å². The van der Waals surface area contributed by atoms with Crippen molar-refractivity contribution >= 4 is 24.2 Å². The molecule has 1 aromatic heterocycles. The van der Waals surface area contributed by atoms with Crippen LogP contribution in [0, 0.1) is 18.3 Å². The first-order chi connectivity index (χ1) is 14.2. The molecule has 0 spiro atoms. The Labute approximate surface area is 184 Å². The van der Waals surface area contributed by atoms with Gasteiger partial charge in [-0.15, -0.1) is 11.3 Å². The summed E-state index contributed by atoms with van der Waals surface area (Å²) in [6.07, 6.45) is 3.53. The predicted molar refractivity (Wildman–Crippen MR) is 125 cm³/mol. The molecule has 0 radical (unpaired) electrons. The van der Waals surface area contributed by atoms with Gasteiger partial charge in [-0.1, -0.05) is 52.0 Å². The van der Waals surface area contributed by atoms with Crippen molar-refractivity contribution in [3.05, 3.63) is 41.0 Å². The van der Waals surface area contributed by atoms with Gasteiger partial charge >= 0.3 is 0 Å². The van der Waals surface area contributed by atoms with Gasteiger partial charge in [0.1, 0.15) is 0 Å². The van der Waals surface area contributed by atoms with Gasteiger partial charge in [0, 0.05) is 19.1 Å². The second kappa shape index (κ2) is 13.1. The Morgan fingerprint density at radius 1 is 1.13 bits per heavy atom. The van der Waals surface area contributed by atoms with Gasteiger partial charge in [-0.05, 0) is 42.2 Å². The van der Waals surface area contributed by atoms with Gasteiger partial charge < -0.3 is 16.4 Å². The molecule has 2 aromatic rings. The number of carbonyl (C=O) groups excluding carboxylic acids is 2. The van der Waals surface area contributed by atoms with E-state index in [1.165, 1.54) is 10.4 Å². The predicted octanol–water partition coefficient (Wildman–Crippen LogP) is 3.89. The van der Waals surface area contributed by atoms with E-state index in [0.29, 0.717) is 18.9 Å². The number of aryl methyl sites for hydroxylation is 1. The molecule has 30 heavy (non-hydrogen) atoms. The highest BCUT2D eigenvalue weighted by atomic mass is 32.1. The van der Waals surface area contributed by atoms with Crippen LogP contribution in [0.1, 0.15) is 51.8 Å². The summed E-state index contributed by atoms with van der Waals surface area (Å²) in [4.78, 5) is 25.6. The third kappa shape index (κ3) is 9.05. The molecule has 0 aliphatic heterocycles. The van der Waals surface area contributed by atoms with E-state index in [-0.39, 0.29) is 11.5 Å². The van der Waals surface area contributed by atoms with Crippen LogP contribution in [0.4, 0.5) is 0 Å². The van der Waals surface area contributed by atoms with Gasteiger partial charge in [-0.3, -0.25) is 9.59 Å². The summed E-state index contributed by atoms with van der Waals surface area (Å²) >= 11 is 1.64. The van der Waals surface area contributed by atoms with Crippen LogP contribution in [0.5, 0.6) is 0 Å². The molecule has 2 amide bonds. The maximum atomic E-state index is 10.2. The minimum Gasteiger partial charge on any atom is -0.359 e. The third-order valence-corrected chi connectivity index (χ3v) is 6.01. The number of benzene rings is 1. The molecule has 7 heteroatoms. The van der Waals surface area contributed by atoms with Crippen LogP contribution < -0.4 is 16.4 Å². The maximum Gasteiger partial charge on any atom is 0.207 e. The first kappa shape index (κ1) is 25.8. The Hall–Kier alpha value is -2.25. The third-order valence-electron chi connectivity index (χ3n) is 5.03. The molecule has 166 valence electrons. The molecule has 2 unspecified atom stereocenters. The monoisotopic (exact) mass is 432 g/mol. The molecule has 0 bridgehead atoms. The highest BCUT2D eigenvalue weighted by Crippen LogP contribution is 2.27. The Kier molecular flexibility index (Phi) is 11.3. The van der Waals surface area contributed by atoms with E-state index in [1.807, 2.05) is 24.6 Å². The van der Waals surface area contributed by atoms with Crippen molar-refractivity contribution in [2.45, 2.75) is 60.0 Å². The standard InChI is InChI=1S/C12H12N2OS.C11H24N2O/c1-9-12(16-8-14-9)11-4-2-10(3-5-11)6-13-7-15;1-9(6-5-7-13-8-14)10(12)11(2,3)4/h2-5,7-8H,6H2,1H3,(H,13,15);8-10H,5-7,12H2,1-4H3,(H,13,14). The van der Waals surface area contributed by atoms with E-state index in [2.05, 4.69) is 55.4 Å². The van der Waals surface area contributed by atoms with E-state index < -0.39 is 0 Å². The summed E-state index contributed by atoms with van der Waals surface area (Å²) in [5.74, 6) is 0.503. The molecular formula is C23H36N4O2S. The quantitative estimate of drug-likeness (QED) is 0.392. The normalized spacial score (nSPS) is 12.9. The summed E-state index contributed by atoms with van der Waals surface area (Å²) in [7, 11) is 0. The lowest BCUT2D eigenvalue weighted by Crippen LogP contribution is -2.40. The number of nitrogens with zero attached hydrogens (tertiary/aromatic N) is 1. The summed E-state index contributed by atoms with van der Waals surface area (Å²) in [6, 6.07) is 8.37. The lowest BCUT2D eigenvalue weighted by atomic mass is 9.79. The average Bonchev–Trinajstić information content (AvgIpc) is 3.15. The molecule has 1 aromatic carbocycles. The second-order valence-electron chi connectivity index (χ2n) is 8.55. The summed E-state index contributed by atoms with van der Waals surface area (Å²) < 4.78 is 0. The highest BCUT2D eigenvalue weighted by Gasteiger charge is 2.25. The van der Waals surface area contributed by atoms with Crippen LogP contribution in [0.15, 0.2) is 29.8 Å². The van der Waals surface area contributed by atoms with Crippen LogP contribution in [0.2, 0.25) is 0 Å². The minimum absolute atomic E-state index is 0.164. The fourth-order valence-electron chi connectivity index (χ4n) is 3.13. The number of aromatic nitrogens is 1. The van der Waals surface area contributed by atoms with Gasteiger partial charge in [-0.2, -0.15) is 0 Å². The van der Waals surface area contributed by atoms with E-state index in [1.54, 1.807) is 11.3 Å². The Morgan fingerprint density at radius 3 is 2.27 bits per heavy atom. The number of nitrogens with two attached hydrogens (primary N) is 1. The Balaban J connectivity index is 0.000000304. The lowest BCUT2D eigenvalue weighted by Gasteiger charge is -2.32. The highest BCUT2D eigenvalue weighted by molar-refractivity contribution is 7.13. The molecule has 0 fully saturated rings. The van der Waals surface area contributed by atoms with Crippen LogP contribution in [-0.4, -0.2) is 30.4 Å². The van der Waals surface area contributed by atoms with E-state index >= 15 is 0 Å². The SMILES string of the molecule is CC(CCCNC=O)C(N)C(C)(C)C.Cc1ncsc1-c1ccc(CNC=O)cc1. The number of amides is 2. The first-order valence-electron chi connectivity index (χ1n) is 10.3. The number of thiazole rings is 1. The van der Waals surface area contributed by atoms with Gasteiger partial charge in [0.15, 0.2) is 0 Å². The van der Waals surface area contributed by atoms with Crippen molar-refractivity contribution in [2.24, 2.45) is 17.1 Å². The number of carbonyl (C=O) groups is 2. The zero-order valence-electron chi connectivity index (χ0n) is 18.8. The van der Waals surface area contributed by atoms with Crippen LogP contribution in [0.25, 0.3) is 10.4 Å². The molecule has 2 rings (SSSR count). The van der Waals surface area contributed by atoms with Crippen molar-refractivity contribution in [1.82, 2.24) is 15.6 Å². The van der Waals surface area contributed by atoms with Crippen molar-refractivity contribution in [3.8, 4) is 10.4 Å². The molecule has 0 saturated carbocycles. The summed E-state index contributed by atoms with van der Waals surface area (Å²) in [6.45, 7) is 12.0. The summed E-state index contributed by atoms with van der Waals surface area (Å²) in [5.41, 5.74) is 11.5. The molecule has 4 N–H and O–H groups in total. The molecule has 0 saturated heterocycles. The van der Waals surface area contributed by atoms with Gasteiger partial charge in [0.2, 0.25) is 12.8 Å². The van der Waals surface area contributed by atoms with Gasteiger partial charge in [0.05, 0.1) is 16.1 Å². The molecule has 2 atom stereocenters. The summed E-state index contributed by atoms with van der Waals surface area (Å²) in [5, 5.41) is 5.30. The van der Waals surface area contributed by atoms with Gasteiger partial charge in [-0.25, -0.2) is 4.98 Å². The fourth-order valence-corrected chi connectivity index (χ4v) is 3.94. The zero-order valence-corrected chi connectivity index (χ0v) is 19.6. The molecular weight excluding hydrogens is 396 g/mol. The van der Waals surface area contributed by atoms with E-state index in [4.69, 9.17) is 5.73 Å². The number of rotatable bonds is 10. The molecule has 1 heterocycles. The largest absolute Gasteiger partial charge is 0.359 e. The Bertz CT molecular complexity index is 753. The van der Waals surface area contributed by atoms with Gasteiger partial charge in [0.25, 0.3) is 0 Å². The van der Waals surface area contributed by atoms with Crippen LogP contribution in [-0.2, 0) is 16.1 Å². The van der Waals surface area contributed by atoms with E-state index in [9.17, 15) is 9.59 Å². The topological polar surface area (TPSA) is 97.1 Å². The van der Waals surface area contributed by atoms with Crippen LogP contribution in [0.3, 0.4) is 0 Å². The minimum atomic E-state index is 0.164. The Morgan fingerprint density at radius 2 is 1.77 bits per heavy atom. The first-order valence-corrected chi connectivity index (χ1v) is 11.2. The number of hydrogen-bond acceptors (Lipinski definition) is 5. The molecule has 6 nitrogen and oxygen atoms in total. The number of hydrogen-bond donors (Lipinski definition) is 3. The fraction of sp³-hybridized carbons (Fsp3) is 0.522. The van der Waals surface area contributed by atoms with Crippen molar-refractivity contribution in [3.63, 3.8) is 0 Å². The second-order valence-corrected chi connectivity index (χ2v) is 9.40. The number of nitrogens with one attached hydrogen (secondary N) is 2. The van der Waals surface area contributed by atoms with Crippen molar-refractivity contribution < 1.29 is 9.59 Å².